The lowest BCUT2D eigenvalue weighted by Gasteiger charge is -2.48. The van der Waals surface area contributed by atoms with Gasteiger partial charge in [-0.05, 0) is 62.8 Å². The smallest absolute Gasteiger partial charge is 0.255 e. The Bertz CT molecular complexity index is 904. The zero-order chi connectivity index (χ0) is 21.0. The summed E-state index contributed by atoms with van der Waals surface area (Å²) in [6.07, 6.45) is 4.60. The quantitative estimate of drug-likeness (QED) is 0.790. The molecule has 2 amide bonds. The van der Waals surface area contributed by atoms with Gasteiger partial charge in [0.15, 0.2) is 0 Å². The van der Waals surface area contributed by atoms with Crippen LogP contribution < -0.4 is 10.1 Å². The van der Waals surface area contributed by atoms with E-state index in [0.29, 0.717) is 49.8 Å². The molecule has 7 heteroatoms. The fourth-order valence-electron chi connectivity index (χ4n) is 5.40. The van der Waals surface area contributed by atoms with E-state index in [4.69, 9.17) is 4.74 Å². The predicted octanol–water partition coefficient (Wildman–Crippen LogP) is 1.80. The van der Waals surface area contributed by atoms with Gasteiger partial charge in [-0.2, -0.15) is 0 Å². The van der Waals surface area contributed by atoms with Crippen molar-refractivity contribution in [2.24, 2.45) is 0 Å². The Labute approximate surface area is 176 Å². The van der Waals surface area contributed by atoms with Gasteiger partial charge in [0.05, 0.1) is 5.60 Å². The van der Waals surface area contributed by atoms with Gasteiger partial charge < -0.3 is 20.1 Å². The Kier molecular flexibility index (Phi) is 4.63. The molecule has 160 valence electrons. The van der Waals surface area contributed by atoms with Crippen molar-refractivity contribution in [1.29, 1.82) is 0 Å². The highest BCUT2D eigenvalue weighted by Gasteiger charge is 2.45. The third kappa shape index (κ3) is 3.40. The maximum atomic E-state index is 12.9. The van der Waals surface area contributed by atoms with E-state index < -0.39 is 11.6 Å². The highest BCUT2D eigenvalue weighted by Crippen LogP contribution is 2.35. The summed E-state index contributed by atoms with van der Waals surface area (Å²) in [4.78, 5) is 29.2. The number of benzene rings is 1. The molecule has 1 aromatic rings. The zero-order valence-electron chi connectivity index (χ0n) is 17.4. The molecule has 1 aromatic carbocycles. The van der Waals surface area contributed by atoms with Crippen LogP contribution in [0.1, 0.15) is 54.9 Å². The van der Waals surface area contributed by atoms with Crippen molar-refractivity contribution in [3.8, 4) is 5.75 Å². The molecule has 4 aliphatic rings. The van der Waals surface area contributed by atoms with Crippen LogP contribution in [0.3, 0.4) is 0 Å². The van der Waals surface area contributed by atoms with E-state index in [1.807, 2.05) is 25.1 Å². The van der Waals surface area contributed by atoms with Crippen LogP contribution in [-0.4, -0.2) is 63.6 Å². The Morgan fingerprint density at radius 2 is 2.03 bits per heavy atom. The summed E-state index contributed by atoms with van der Waals surface area (Å²) in [5.74, 6) is 0.530. The van der Waals surface area contributed by atoms with E-state index in [-0.39, 0.29) is 17.9 Å². The number of likely N-dealkylation sites (tertiary alicyclic amines) is 1. The maximum absolute atomic E-state index is 12.9. The molecule has 0 spiro atoms. The van der Waals surface area contributed by atoms with Crippen LogP contribution in [0, 0.1) is 0 Å². The van der Waals surface area contributed by atoms with Gasteiger partial charge in [-0.3, -0.25) is 14.5 Å². The summed E-state index contributed by atoms with van der Waals surface area (Å²) in [5, 5.41) is 12.8. The third-order valence-corrected chi connectivity index (χ3v) is 6.87. The summed E-state index contributed by atoms with van der Waals surface area (Å²) in [7, 11) is 0. The summed E-state index contributed by atoms with van der Waals surface area (Å²) in [6.45, 7) is 7.51. The number of β-amino-alcohol motifs (C(OH)–C–C–N with tert-alkyl or cyclic N) is 1. The lowest BCUT2D eigenvalue weighted by Crippen LogP contribution is -2.64. The molecular weight excluding hydrogens is 382 g/mol. The summed E-state index contributed by atoms with van der Waals surface area (Å²) >= 11 is 0. The van der Waals surface area contributed by atoms with Crippen LogP contribution in [0.15, 0.2) is 30.5 Å². The number of ether oxygens (including phenoxy) is 1. The maximum Gasteiger partial charge on any atom is 0.255 e. The van der Waals surface area contributed by atoms with Gasteiger partial charge in [0.2, 0.25) is 5.91 Å². The van der Waals surface area contributed by atoms with Crippen LogP contribution >= 0.6 is 0 Å². The number of fused-ring (bicyclic) bond motifs is 1. The fraction of sp³-hybridized carbons (Fsp3) is 0.565. The van der Waals surface area contributed by atoms with E-state index in [1.165, 1.54) is 0 Å². The van der Waals surface area contributed by atoms with Crippen molar-refractivity contribution in [2.45, 2.75) is 69.4 Å². The number of hydrogen-bond donors (Lipinski definition) is 2. The van der Waals surface area contributed by atoms with Gasteiger partial charge in [0.25, 0.3) is 5.91 Å². The number of aliphatic hydroxyl groups is 1. The van der Waals surface area contributed by atoms with E-state index in [9.17, 15) is 14.7 Å². The van der Waals surface area contributed by atoms with Gasteiger partial charge in [0.1, 0.15) is 17.9 Å². The van der Waals surface area contributed by atoms with Gasteiger partial charge in [0, 0.05) is 36.9 Å². The number of carbonyl (C=O) groups is 2. The molecule has 0 radical (unpaired) electrons. The van der Waals surface area contributed by atoms with Gasteiger partial charge in [-0.15, -0.1) is 0 Å². The molecule has 0 aromatic heterocycles. The second kappa shape index (κ2) is 7.10. The molecular formula is C23H29N3O4. The first-order valence-corrected chi connectivity index (χ1v) is 10.9. The number of nitrogens with one attached hydrogen (secondary N) is 1. The number of rotatable bonds is 4. The first kappa shape index (κ1) is 19.6. The highest BCUT2D eigenvalue weighted by molar-refractivity contribution is 6.01. The minimum atomic E-state index is -0.581. The molecule has 1 saturated carbocycles. The monoisotopic (exact) mass is 411 g/mol. The van der Waals surface area contributed by atoms with Crippen molar-refractivity contribution in [3.63, 3.8) is 0 Å². The number of carbonyl (C=O) groups excluding carboxylic acids is 2. The molecule has 7 nitrogen and oxygen atoms in total. The van der Waals surface area contributed by atoms with E-state index in [0.717, 1.165) is 30.6 Å². The fourth-order valence-corrected chi connectivity index (χ4v) is 5.40. The minimum absolute atomic E-state index is 0.0919. The largest absolute Gasteiger partial charge is 0.489 e. The molecule has 1 aliphatic carbocycles. The lowest BCUT2D eigenvalue weighted by atomic mass is 9.93. The van der Waals surface area contributed by atoms with Crippen molar-refractivity contribution in [1.82, 2.24) is 15.1 Å². The predicted molar refractivity (Wildman–Crippen MR) is 111 cm³/mol. The van der Waals surface area contributed by atoms with Crippen LogP contribution in [0.2, 0.25) is 0 Å². The molecule has 5 rings (SSSR count). The average Bonchev–Trinajstić information content (AvgIpc) is 3.24. The Morgan fingerprint density at radius 1 is 1.23 bits per heavy atom. The second-order valence-electron chi connectivity index (χ2n) is 9.46. The molecule has 3 atom stereocenters. The number of amides is 2. The number of hydrogen-bond acceptors (Lipinski definition) is 5. The Morgan fingerprint density at radius 3 is 2.77 bits per heavy atom. The van der Waals surface area contributed by atoms with E-state index in [2.05, 4.69) is 16.8 Å². The number of allylic oxidation sites excluding steroid dienone is 1. The summed E-state index contributed by atoms with van der Waals surface area (Å²) in [6, 6.07) is 5.53. The van der Waals surface area contributed by atoms with Gasteiger partial charge in [-0.25, -0.2) is 0 Å². The molecule has 1 unspecified atom stereocenters. The molecule has 2 N–H and O–H groups in total. The Balaban J connectivity index is 1.28. The van der Waals surface area contributed by atoms with Crippen molar-refractivity contribution < 1.29 is 19.4 Å². The van der Waals surface area contributed by atoms with Gasteiger partial charge in [-0.1, -0.05) is 6.58 Å². The highest BCUT2D eigenvalue weighted by atomic mass is 16.5. The number of piperidine rings is 1. The minimum Gasteiger partial charge on any atom is -0.489 e. The third-order valence-electron chi connectivity index (χ3n) is 6.87. The summed E-state index contributed by atoms with van der Waals surface area (Å²) in [5.41, 5.74) is 1.70. The molecule has 2 saturated heterocycles. The average molecular weight is 412 g/mol. The first-order chi connectivity index (χ1) is 14.3. The number of nitrogens with zero attached hydrogens (tertiary/aromatic N) is 2. The van der Waals surface area contributed by atoms with Crippen LogP contribution in [-0.2, 0) is 11.3 Å². The van der Waals surface area contributed by atoms with Crippen LogP contribution in [0.25, 0.3) is 0 Å². The first-order valence-electron chi connectivity index (χ1n) is 10.9. The summed E-state index contributed by atoms with van der Waals surface area (Å²) < 4.78 is 6.35. The van der Waals surface area contributed by atoms with E-state index in [1.54, 1.807) is 4.90 Å². The van der Waals surface area contributed by atoms with Crippen LogP contribution in [0.5, 0.6) is 5.75 Å². The van der Waals surface area contributed by atoms with Crippen molar-refractivity contribution >= 4 is 11.8 Å². The van der Waals surface area contributed by atoms with E-state index >= 15 is 0 Å². The molecule has 30 heavy (non-hydrogen) atoms. The molecule has 3 aliphatic heterocycles. The molecule has 0 bridgehead atoms. The van der Waals surface area contributed by atoms with Crippen molar-refractivity contribution in [2.75, 3.05) is 13.1 Å². The molecule has 3 fully saturated rings. The van der Waals surface area contributed by atoms with Crippen LogP contribution in [0.4, 0.5) is 0 Å². The second-order valence-corrected chi connectivity index (χ2v) is 9.46. The SMILES string of the molecule is C=C1CCC(N2Cc3cc(O[C@H]4CCC[C@@H]4N4CC(C)(O)C4)ccc3C2=O)C(=O)N1. The van der Waals surface area contributed by atoms with Crippen molar-refractivity contribution in [3.05, 3.63) is 41.6 Å². The standard InChI is InChI=1S/C23H29N3O4/c1-14-6-9-19(21(27)24-14)26-11-15-10-16(7-8-17(15)22(26)28)30-20-5-3-4-18(20)25-12-23(2,29)13-25/h7-8,10,18-20,29H,1,3-6,9,11-13H2,2H3,(H,24,27)/t18-,19?,20-/m0/s1. The topological polar surface area (TPSA) is 82.1 Å². The van der Waals surface area contributed by atoms with Gasteiger partial charge >= 0.3 is 0 Å². The lowest BCUT2D eigenvalue weighted by molar-refractivity contribution is -0.126. The normalized spacial score (nSPS) is 30.8. The molecule has 3 heterocycles. The zero-order valence-corrected chi connectivity index (χ0v) is 17.4. The Hall–Kier alpha value is -2.38.